The third kappa shape index (κ3) is 5.00. The smallest absolute Gasteiger partial charge is 0.313 e. The van der Waals surface area contributed by atoms with E-state index in [1.807, 2.05) is 0 Å². The fourth-order valence-corrected chi connectivity index (χ4v) is 3.74. The van der Waals surface area contributed by atoms with Crippen molar-refractivity contribution in [3.8, 4) is 0 Å². The molecule has 1 rings (SSSR count). The van der Waals surface area contributed by atoms with Crippen LogP contribution in [0.3, 0.4) is 0 Å². The molecule has 7 nitrogen and oxygen atoms in total. The van der Waals surface area contributed by atoms with Gasteiger partial charge in [0.15, 0.2) is 0 Å². The van der Waals surface area contributed by atoms with Crippen molar-refractivity contribution in [3.63, 3.8) is 0 Å². The molecule has 9 heteroatoms. The minimum atomic E-state index is -3.24. The lowest BCUT2D eigenvalue weighted by molar-refractivity contribution is -0.133. The van der Waals surface area contributed by atoms with E-state index < -0.39 is 16.0 Å². The van der Waals surface area contributed by atoms with Crippen LogP contribution >= 0.6 is 11.8 Å². The summed E-state index contributed by atoms with van der Waals surface area (Å²) >= 11 is 1.05. The third-order valence-corrected chi connectivity index (χ3v) is 5.09. The van der Waals surface area contributed by atoms with Crippen molar-refractivity contribution in [2.75, 3.05) is 37.4 Å². The van der Waals surface area contributed by atoms with Gasteiger partial charge in [-0.25, -0.2) is 8.42 Å². The van der Waals surface area contributed by atoms with Crippen LogP contribution in [-0.4, -0.2) is 78.0 Å². The number of hydrogen-bond acceptors (Lipinski definition) is 5. The maximum atomic E-state index is 11.8. The van der Waals surface area contributed by atoms with Crippen molar-refractivity contribution in [3.05, 3.63) is 0 Å². The van der Waals surface area contributed by atoms with Gasteiger partial charge in [-0.15, -0.1) is 11.8 Å². The lowest BCUT2D eigenvalue weighted by Gasteiger charge is -2.38. The van der Waals surface area contributed by atoms with Crippen molar-refractivity contribution < 1.29 is 23.1 Å². The lowest BCUT2D eigenvalue weighted by Crippen LogP contribution is -2.55. The number of carboxylic acid groups (broad SMARTS) is 1. The summed E-state index contributed by atoms with van der Waals surface area (Å²) in [6.07, 6.45) is 1.16. The van der Waals surface area contributed by atoms with Gasteiger partial charge in [0.1, 0.15) is 0 Å². The summed E-state index contributed by atoms with van der Waals surface area (Å²) in [5.41, 5.74) is 0. The van der Waals surface area contributed by atoms with E-state index >= 15 is 0 Å². The van der Waals surface area contributed by atoms with Crippen LogP contribution in [0.2, 0.25) is 0 Å². The number of nitrogens with zero attached hydrogens (tertiary/aromatic N) is 2. The predicted molar refractivity (Wildman–Crippen MR) is 72.6 cm³/mol. The highest BCUT2D eigenvalue weighted by atomic mass is 32.2. The number of thioether (sulfide) groups is 1. The Bertz CT molecular complexity index is 451. The second-order valence-corrected chi connectivity index (χ2v) is 7.37. The highest BCUT2D eigenvalue weighted by Gasteiger charge is 2.31. The van der Waals surface area contributed by atoms with Crippen LogP contribution in [0.1, 0.15) is 6.92 Å². The van der Waals surface area contributed by atoms with Crippen LogP contribution in [0.4, 0.5) is 0 Å². The molecule has 1 atom stereocenters. The first-order chi connectivity index (χ1) is 8.71. The molecule has 110 valence electrons. The average Bonchev–Trinajstić information content (AvgIpc) is 2.26. The van der Waals surface area contributed by atoms with Crippen LogP contribution in [0.5, 0.6) is 0 Å². The first kappa shape index (κ1) is 16.3. The van der Waals surface area contributed by atoms with Gasteiger partial charge in [0, 0.05) is 25.7 Å². The van der Waals surface area contributed by atoms with Gasteiger partial charge in [0.25, 0.3) is 0 Å². The number of piperazine rings is 1. The van der Waals surface area contributed by atoms with Gasteiger partial charge in [-0.05, 0) is 6.92 Å². The summed E-state index contributed by atoms with van der Waals surface area (Å²) in [6.45, 7) is 2.74. The van der Waals surface area contributed by atoms with E-state index in [2.05, 4.69) is 0 Å². The summed E-state index contributed by atoms with van der Waals surface area (Å²) in [4.78, 5) is 23.8. The Morgan fingerprint density at radius 1 is 1.32 bits per heavy atom. The molecule has 0 radical (unpaired) electrons. The van der Waals surface area contributed by atoms with Gasteiger partial charge in [-0.1, -0.05) is 0 Å². The zero-order chi connectivity index (χ0) is 14.6. The maximum absolute atomic E-state index is 11.8. The number of amides is 1. The van der Waals surface area contributed by atoms with Crippen molar-refractivity contribution in [1.29, 1.82) is 0 Å². The summed E-state index contributed by atoms with van der Waals surface area (Å²) < 4.78 is 24.3. The Morgan fingerprint density at radius 3 is 2.42 bits per heavy atom. The number of rotatable bonds is 5. The number of carboxylic acids is 1. The van der Waals surface area contributed by atoms with Gasteiger partial charge in [-0.3, -0.25) is 9.59 Å². The molecule has 0 aromatic carbocycles. The minimum Gasteiger partial charge on any atom is -0.481 e. The monoisotopic (exact) mass is 310 g/mol. The molecule has 0 saturated carbocycles. The molecule has 0 aliphatic carbocycles. The van der Waals surface area contributed by atoms with Crippen LogP contribution < -0.4 is 0 Å². The summed E-state index contributed by atoms with van der Waals surface area (Å²) in [6, 6.07) is -0.253. The van der Waals surface area contributed by atoms with Gasteiger partial charge in [0.05, 0.1) is 17.8 Å². The summed E-state index contributed by atoms with van der Waals surface area (Å²) in [7, 11) is -3.24. The number of aliphatic carboxylic acids is 1. The molecule has 1 amide bonds. The lowest BCUT2D eigenvalue weighted by atomic mass is 10.2. The number of carbonyl (C=O) groups excluding carboxylic acids is 1. The molecule has 1 saturated heterocycles. The molecule has 0 unspecified atom stereocenters. The van der Waals surface area contributed by atoms with Crippen LogP contribution in [0.25, 0.3) is 0 Å². The zero-order valence-electron chi connectivity index (χ0n) is 10.9. The molecule has 1 aliphatic rings. The van der Waals surface area contributed by atoms with Crippen molar-refractivity contribution in [2.45, 2.75) is 13.0 Å². The second-order valence-electron chi connectivity index (χ2n) is 4.45. The fraction of sp³-hybridized carbons (Fsp3) is 0.800. The van der Waals surface area contributed by atoms with Crippen molar-refractivity contribution >= 4 is 33.7 Å². The Morgan fingerprint density at radius 2 is 1.95 bits per heavy atom. The quantitative estimate of drug-likeness (QED) is 0.721. The normalized spacial score (nSPS) is 21.4. The van der Waals surface area contributed by atoms with Crippen LogP contribution in [-0.2, 0) is 19.6 Å². The van der Waals surface area contributed by atoms with Crippen molar-refractivity contribution in [2.24, 2.45) is 0 Å². The van der Waals surface area contributed by atoms with E-state index in [1.54, 1.807) is 11.8 Å². The largest absolute Gasteiger partial charge is 0.481 e. The SMILES string of the molecule is C[C@H]1CN(C(=O)CSCC(=O)O)CCN1S(C)(=O)=O. The average molecular weight is 310 g/mol. The van der Waals surface area contributed by atoms with E-state index in [0.717, 1.165) is 18.0 Å². The van der Waals surface area contributed by atoms with E-state index in [9.17, 15) is 18.0 Å². The number of hydrogen-bond donors (Lipinski definition) is 1. The Hall–Kier alpha value is -0.800. The first-order valence-corrected chi connectivity index (χ1v) is 8.76. The van der Waals surface area contributed by atoms with Gasteiger partial charge >= 0.3 is 5.97 Å². The first-order valence-electron chi connectivity index (χ1n) is 5.76. The van der Waals surface area contributed by atoms with E-state index in [1.165, 1.54) is 4.31 Å². The van der Waals surface area contributed by atoms with Crippen LogP contribution in [0.15, 0.2) is 0 Å². The third-order valence-electron chi connectivity index (χ3n) is 2.80. The number of carbonyl (C=O) groups is 2. The molecule has 0 aromatic rings. The van der Waals surface area contributed by atoms with E-state index in [0.29, 0.717) is 13.1 Å². The topological polar surface area (TPSA) is 95.0 Å². The van der Waals surface area contributed by atoms with Gasteiger partial charge in [0.2, 0.25) is 15.9 Å². The molecule has 1 fully saturated rings. The summed E-state index contributed by atoms with van der Waals surface area (Å²) in [5.74, 6) is -1.10. The molecule has 1 heterocycles. The van der Waals surface area contributed by atoms with Gasteiger partial charge in [-0.2, -0.15) is 4.31 Å². The Kier molecular flexibility index (Phi) is 5.63. The standard InChI is InChI=1S/C10H18N2O5S2/c1-8-5-11(3-4-12(8)19(2,16)17)9(13)6-18-7-10(14)15/h8H,3-7H2,1-2H3,(H,14,15)/t8-/m0/s1. The molecule has 0 bridgehead atoms. The summed E-state index contributed by atoms with van der Waals surface area (Å²) in [5, 5.41) is 8.48. The zero-order valence-corrected chi connectivity index (χ0v) is 12.5. The molecule has 0 aromatic heterocycles. The number of sulfonamides is 1. The Labute approximate surface area is 117 Å². The van der Waals surface area contributed by atoms with Crippen LogP contribution in [0, 0.1) is 0 Å². The maximum Gasteiger partial charge on any atom is 0.313 e. The predicted octanol–water partition coefficient (Wildman–Crippen LogP) is -0.703. The van der Waals surface area contributed by atoms with E-state index in [4.69, 9.17) is 5.11 Å². The highest BCUT2D eigenvalue weighted by Crippen LogP contribution is 2.14. The minimum absolute atomic E-state index is 0.107. The molecule has 0 spiro atoms. The molecular weight excluding hydrogens is 292 g/mol. The van der Waals surface area contributed by atoms with Gasteiger partial charge < -0.3 is 10.0 Å². The molecule has 1 N–H and O–H groups in total. The fourth-order valence-electron chi connectivity index (χ4n) is 1.98. The Balaban J connectivity index is 2.47. The van der Waals surface area contributed by atoms with Crippen molar-refractivity contribution in [1.82, 2.24) is 9.21 Å². The highest BCUT2D eigenvalue weighted by molar-refractivity contribution is 8.00. The molecule has 19 heavy (non-hydrogen) atoms. The molecular formula is C10H18N2O5S2. The molecule has 1 aliphatic heterocycles. The second kappa shape index (κ2) is 6.58. The van der Waals surface area contributed by atoms with E-state index in [-0.39, 0.29) is 30.0 Å².